The summed E-state index contributed by atoms with van der Waals surface area (Å²) in [5.74, 6) is 1.47. The van der Waals surface area contributed by atoms with E-state index in [0.717, 1.165) is 16.9 Å². The maximum absolute atomic E-state index is 10.1. The van der Waals surface area contributed by atoms with Gasteiger partial charge in [0.05, 0.1) is 13.2 Å². The molecule has 0 bridgehead atoms. The molecule has 2 aromatic carbocycles. The van der Waals surface area contributed by atoms with Crippen molar-refractivity contribution in [1.29, 1.82) is 0 Å². The third-order valence-corrected chi connectivity index (χ3v) is 3.40. The molecule has 0 amide bonds. The number of methoxy groups -OCH3 is 1. The summed E-state index contributed by atoms with van der Waals surface area (Å²) in [5.41, 5.74) is 2.11. The number of ether oxygens (including phenoxy) is 2. The fraction of sp³-hybridized carbons (Fsp3) is 0.294. The van der Waals surface area contributed by atoms with Gasteiger partial charge in [0.2, 0.25) is 0 Å². The molecule has 1 unspecified atom stereocenters. The molecule has 0 radical (unpaired) electrons. The van der Waals surface area contributed by atoms with E-state index < -0.39 is 6.10 Å². The molecule has 0 saturated heterocycles. The maximum atomic E-state index is 10.1. The standard InChI is InChI=1S/C17H19ClO3/c1-12-3-8-17(20-2)13(9-12)10-15(19)11-21-16-6-4-14(18)5-7-16/h3-9,15,19H,10-11H2,1-2H3. The molecule has 112 valence electrons. The van der Waals surface area contributed by atoms with Crippen LogP contribution in [-0.2, 0) is 6.42 Å². The minimum absolute atomic E-state index is 0.221. The summed E-state index contributed by atoms with van der Waals surface area (Å²) >= 11 is 5.81. The first-order valence-electron chi connectivity index (χ1n) is 6.78. The molecule has 0 heterocycles. The van der Waals surface area contributed by atoms with Crippen molar-refractivity contribution in [2.45, 2.75) is 19.4 Å². The zero-order valence-corrected chi connectivity index (χ0v) is 12.9. The Bertz CT molecular complexity index is 581. The van der Waals surface area contributed by atoms with Crippen LogP contribution in [0.5, 0.6) is 11.5 Å². The maximum Gasteiger partial charge on any atom is 0.122 e. The van der Waals surface area contributed by atoms with Crippen molar-refractivity contribution in [3.8, 4) is 11.5 Å². The van der Waals surface area contributed by atoms with Gasteiger partial charge in [-0.25, -0.2) is 0 Å². The van der Waals surface area contributed by atoms with Crippen molar-refractivity contribution in [3.63, 3.8) is 0 Å². The minimum atomic E-state index is -0.601. The lowest BCUT2D eigenvalue weighted by atomic mass is 10.0. The Labute approximate surface area is 130 Å². The van der Waals surface area contributed by atoms with Gasteiger partial charge >= 0.3 is 0 Å². The molecule has 0 spiro atoms. The fourth-order valence-electron chi connectivity index (χ4n) is 2.10. The molecule has 2 aromatic rings. The third-order valence-electron chi connectivity index (χ3n) is 3.15. The molecule has 0 aliphatic rings. The molecule has 0 fully saturated rings. The first-order valence-corrected chi connectivity index (χ1v) is 7.16. The molecule has 4 heteroatoms. The van der Waals surface area contributed by atoms with Gasteiger partial charge in [0, 0.05) is 11.4 Å². The minimum Gasteiger partial charge on any atom is -0.496 e. The van der Waals surface area contributed by atoms with Crippen molar-refractivity contribution in [2.24, 2.45) is 0 Å². The van der Waals surface area contributed by atoms with E-state index >= 15 is 0 Å². The Morgan fingerprint density at radius 1 is 1.14 bits per heavy atom. The van der Waals surface area contributed by atoms with E-state index in [-0.39, 0.29) is 6.61 Å². The monoisotopic (exact) mass is 306 g/mol. The van der Waals surface area contributed by atoms with Crippen LogP contribution in [0.2, 0.25) is 5.02 Å². The lowest BCUT2D eigenvalue weighted by Gasteiger charge is -2.15. The Balaban J connectivity index is 1.94. The van der Waals surface area contributed by atoms with E-state index in [1.54, 1.807) is 31.4 Å². The molecule has 1 N–H and O–H groups in total. The van der Waals surface area contributed by atoms with Crippen LogP contribution in [0.3, 0.4) is 0 Å². The van der Waals surface area contributed by atoms with Crippen LogP contribution in [0.1, 0.15) is 11.1 Å². The van der Waals surface area contributed by atoms with Gasteiger partial charge in [-0.05, 0) is 42.8 Å². The van der Waals surface area contributed by atoms with Crippen LogP contribution in [0, 0.1) is 6.92 Å². The van der Waals surface area contributed by atoms with Gasteiger partial charge in [-0.1, -0.05) is 29.3 Å². The van der Waals surface area contributed by atoms with Gasteiger partial charge in [0.25, 0.3) is 0 Å². The zero-order valence-electron chi connectivity index (χ0n) is 12.2. The van der Waals surface area contributed by atoms with Crippen molar-refractivity contribution in [1.82, 2.24) is 0 Å². The number of aliphatic hydroxyl groups is 1. The van der Waals surface area contributed by atoms with Crippen molar-refractivity contribution < 1.29 is 14.6 Å². The quantitative estimate of drug-likeness (QED) is 0.885. The van der Waals surface area contributed by atoms with Gasteiger partial charge < -0.3 is 14.6 Å². The SMILES string of the molecule is COc1ccc(C)cc1CC(O)COc1ccc(Cl)cc1. The van der Waals surface area contributed by atoms with Gasteiger partial charge in [-0.2, -0.15) is 0 Å². The predicted octanol–water partition coefficient (Wildman–Crippen LogP) is 3.64. The Morgan fingerprint density at radius 2 is 1.86 bits per heavy atom. The van der Waals surface area contributed by atoms with Gasteiger partial charge in [-0.3, -0.25) is 0 Å². The number of aryl methyl sites for hydroxylation is 1. The van der Waals surface area contributed by atoms with E-state index in [2.05, 4.69) is 0 Å². The van der Waals surface area contributed by atoms with Crippen LogP contribution < -0.4 is 9.47 Å². The van der Waals surface area contributed by atoms with E-state index in [1.165, 1.54) is 0 Å². The van der Waals surface area contributed by atoms with Crippen molar-refractivity contribution >= 4 is 11.6 Å². The normalized spacial score (nSPS) is 12.0. The number of hydrogen-bond acceptors (Lipinski definition) is 3. The second-order valence-electron chi connectivity index (χ2n) is 4.94. The van der Waals surface area contributed by atoms with Crippen molar-refractivity contribution in [3.05, 3.63) is 58.6 Å². The topological polar surface area (TPSA) is 38.7 Å². The first-order chi connectivity index (χ1) is 10.1. The predicted molar refractivity (Wildman–Crippen MR) is 84.4 cm³/mol. The van der Waals surface area contributed by atoms with Crippen LogP contribution in [0.25, 0.3) is 0 Å². The molecule has 3 nitrogen and oxygen atoms in total. The highest BCUT2D eigenvalue weighted by Crippen LogP contribution is 2.22. The summed E-state index contributed by atoms with van der Waals surface area (Å²) in [4.78, 5) is 0. The van der Waals surface area contributed by atoms with Gasteiger partial charge in [0.15, 0.2) is 0 Å². The lowest BCUT2D eigenvalue weighted by molar-refractivity contribution is 0.107. The van der Waals surface area contributed by atoms with Crippen LogP contribution >= 0.6 is 11.6 Å². The highest BCUT2D eigenvalue weighted by molar-refractivity contribution is 6.30. The molecule has 0 aromatic heterocycles. The molecular formula is C17H19ClO3. The average molecular weight is 307 g/mol. The summed E-state index contributed by atoms with van der Waals surface area (Å²) in [5, 5.41) is 10.8. The third kappa shape index (κ3) is 4.66. The van der Waals surface area contributed by atoms with Crippen LogP contribution in [-0.4, -0.2) is 24.9 Å². The number of aliphatic hydroxyl groups excluding tert-OH is 1. The zero-order chi connectivity index (χ0) is 15.2. The lowest BCUT2D eigenvalue weighted by Crippen LogP contribution is -2.20. The Kier molecular flexibility index (Phi) is 5.48. The largest absolute Gasteiger partial charge is 0.496 e. The molecular weight excluding hydrogens is 288 g/mol. The number of benzene rings is 2. The number of halogens is 1. The molecule has 0 aliphatic heterocycles. The van der Waals surface area contributed by atoms with E-state index in [9.17, 15) is 5.11 Å². The highest BCUT2D eigenvalue weighted by atomic mass is 35.5. The van der Waals surface area contributed by atoms with E-state index in [4.69, 9.17) is 21.1 Å². The molecule has 0 aliphatic carbocycles. The Morgan fingerprint density at radius 3 is 2.52 bits per heavy atom. The molecule has 1 atom stereocenters. The van der Waals surface area contributed by atoms with Crippen LogP contribution in [0.4, 0.5) is 0 Å². The van der Waals surface area contributed by atoms with Gasteiger partial charge in [-0.15, -0.1) is 0 Å². The second kappa shape index (κ2) is 7.34. The average Bonchev–Trinajstić information content (AvgIpc) is 2.47. The van der Waals surface area contributed by atoms with Crippen molar-refractivity contribution in [2.75, 3.05) is 13.7 Å². The number of hydrogen-bond donors (Lipinski definition) is 1. The van der Waals surface area contributed by atoms with Gasteiger partial charge in [0.1, 0.15) is 18.1 Å². The first kappa shape index (κ1) is 15.7. The summed E-state index contributed by atoms with van der Waals surface area (Å²) in [7, 11) is 1.63. The summed E-state index contributed by atoms with van der Waals surface area (Å²) in [6, 6.07) is 13.0. The molecule has 2 rings (SSSR count). The highest BCUT2D eigenvalue weighted by Gasteiger charge is 2.11. The second-order valence-corrected chi connectivity index (χ2v) is 5.37. The number of rotatable bonds is 6. The summed E-state index contributed by atoms with van der Waals surface area (Å²) in [6.45, 7) is 2.23. The molecule has 0 saturated carbocycles. The molecule has 21 heavy (non-hydrogen) atoms. The summed E-state index contributed by atoms with van der Waals surface area (Å²) in [6.07, 6.45) is -0.116. The van der Waals surface area contributed by atoms with E-state index in [0.29, 0.717) is 17.2 Å². The summed E-state index contributed by atoms with van der Waals surface area (Å²) < 4.78 is 10.9. The van der Waals surface area contributed by atoms with E-state index in [1.807, 2.05) is 25.1 Å². The fourth-order valence-corrected chi connectivity index (χ4v) is 2.23. The van der Waals surface area contributed by atoms with Crippen LogP contribution in [0.15, 0.2) is 42.5 Å². The Hall–Kier alpha value is -1.71. The smallest absolute Gasteiger partial charge is 0.122 e.